The van der Waals surface area contributed by atoms with Gasteiger partial charge in [-0.05, 0) is 59.0 Å². The average Bonchev–Trinajstić information content (AvgIpc) is 2.73. The summed E-state index contributed by atoms with van der Waals surface area (Å²) < 4.78 is 16.0. The van der Waals surface area contributed by atoms with Crippen LogP contribution in [0, 0.1) is 5.82 Å². The van der Waals surface area contributed by atoms with E-state index in [9.17, 15) is 4.39 Å². The minimum Gasteiger partial charge on any atom is -0.324 e. The summed E-state index contributed by atoms with van der Waals surface area (Å²) in [7, 11) is 0. The van der Waals surface area contributed by atoms with Crippen molar-refractivity contribution in [2.45, 2.75) is 25.3 Å². The molecule has 1 aromatic carbocycles. The third-order valence-electron chi connectivity index (χ3n) is 3.58. The average molecular weight is 344 g/mol. The van der Waals surface area contributed by atoms with Crippen molar-refractivity contribution in [3.63, 3.8) is 0 Å². The van der Waals surface area contributed by atoms with Crippen molar-refractivity contribution >= 4 is 27.5 Å². The van der Waals surface area contributed by atoms with Gasteiger partial charge in [-0.1, -0.05) is 11.6 Å². The van der Waals surface area contributed by atoms with Crippen molar-refractivity contribution in [2.24, 2.45) is 5.73 Å². The van der Waals surface area contributed by atoms with Crippen LogP contribution in [-0.2, 0) is 6.42 Å². The molecule has 2 nitrogen and oxygen atoms in total. The molecule has 2 N–H and O–H groups in total. The Kier molecular flexibility index (Phi) is 3.41. The Bertz CT molecular complexity index is 615. The summed E-state index contributed by atoms with van der Waals surface area (Å²) in [5.41, 5.74) is 9.24. The monoisotopic (exact) mass is 342 g/mol. The third kappa shape index (κ3) is 2.22. The number of hydrogen-bond acceptors (Lipinski definition) is 1. The van der Waals surface area contributed by atoms with E-state index in [0.29, 0.717) is 9.50 Å². The maximum Gasteiger partial charge on any atom is 0.125 e. The number of nitrogens with two attached hydrogens (primary N) is 1. The molecule has 0 saturated carbocycles. The van der Waals surface area contributed by atoms with Gasteiger partial charge in [-0.2, -0.15) is 0 Å². The van der Waals surface area contributed by atoms with E-state index < -0.39 is 0 Å². The Morgan fingerprint density at radius 1 is 1.42 bits per heavy atom. The fourth-order valence-electron chi connectivity index (χ4n) is 2.70. The SMILES string of the molecule is NC1CCCc2c1ccn2-c1c(Cl)cc(F)cc1Br. The van der Waals surface area contributed by atoms with E-state index in [-0.39, 0.29) is 11.9 Å². The highest BCUT2D eigenvalue weighted by molar-refractivity contribution is 9.10. The van der Waals surface area contributed by atoms with E-state index >= 15 is 0 Å². The van der Waals surface area contributed by atoms with Crippen molar-refractivity contribution < 1.29 is 4.39 Å². The Hall–Kier alpha value is -0.840. The number of fused-ring (bicyclic) bond motifs is 1. The molecule has 1 heterocycles. The summed E-state index contributed by atoms with van der Waals surface area (Å²) in [6, 6.07) is 4.88. The second-order valence-corrected chi connectivity index (χ2v) is 6.07. The summed E-state index contributed by atoms with van der Waals surface area (Å²) in [4.78, 5) is 0. The fourth-order valence-corrected chi connectivity index (χ4v) is 3.74. The molecule has 1 unspecified atom stereocenters. The predicted molar refractivity (Wildman–Crippen MR) is 78.3 cm³/mol. The predicted octanol–water partition coefficient (Wildman–Crippen LogP) is 4.37. The van der Waals surface area contributed by atoms with Crippen LogP contribution in [0.1, 0.15) is 30.1 Å². The maximum absolute atomic E-state index is 13.3. The van der Waals surface area contributed by atoms with Crippen LogP contribution in [0.2, 0.25) is 5.02 Å². The second-order valence-electron chi connectivity index (χ2n) is 4.80. The molecule has 3 rings (SSSR count). The first kappa shape index (κ1) is 13.2. The smallest absolute Gasteiger partial charge is 0.125 e. The molecule has 1 aliphatic carbocycles. The van der Waals surface area contributed by atoms with E-state index in [0.717, 1.165) is 24.9 Å². The molecule has 0 spiro atoms. The van der Waals surface area contributed by atoms with Gasteiger partial charge in [0.1, 0.15) is 5.82 Å². The van der Waals surface area contributed by atoms with E-state index in [4.69, 9.17) is 17.3 Å². The minimum atomic E-state index is -0.349. The molecule has 0 aliphatic heterocycles. The van der Waals surface area contributed by atoms with Crippen LogP contribution in [0.4, 0.5) is 4.39 Å². The van der Waals surface area contributed by atoms with Crippen molar-refractivity contribution in [1.82, 2.24) is 4.57 Å². The zero-order valence-corrected chi connectivity index (χ0v) is 12.5. The van der Waals surface area contributed by atoms with Crippen LogP contribution in [0.3, 0.4) is 0 Å². The molecule has 2 aromatic rings. The zero-order chi connectivity index (χ0) is 13.6. The Labute approximate surface area is 124 Å². The van der Waals surface area contributed by atoms with Gasteiger partial charge in [0.15, 0.2) is 0 Å². The Balaban J connectivity index is 2.19. The van der Waals surface area contributed by atoms with Crippen molar-refractivity contribution in [3.05, 3.63) is 51.0 Å². The van der Waals surface area contributed by atoms with E-state index in [1.165, 1.54) is 23.4 Å². The van der Waals surface area contributed by atoms with Gasteiger partial charge in [0.2, 0.25) is 0 Å². The summed E-state index contributed by atoms with van der Waals surface area (Å²) in [5.74, 6) is -0.349. The van der Waals surface area contributed by atoms with Crippen molar-refractivity contribution in [2.75, 3.05) is 0 Å². The fraction of sp³-hybridized carbons (Fsp3) is 0.286. The molecule has 0 bridgehead atoms. The lowest BCUT2D eigenvalue weighted by Gasteiger charge is -2.21. The van der Waals surface area contributed by atoms with Crippen LogP contribution in [-0.4, -0.2) is 4.57 Å². The standard InChI is InChI=1S/C14H13BrClFN2/c15-10-6-8(17)7-11(16)14(10)19-5-4-9-12(18)2-1-3-13(9)19/h4-7,12H,1-3,18H2. The van der Waals surface area contributed by atoms with Crippen LogP contribution in [0.15, 0.2) is 28.9 Å². The number of aromatic nitrogens is 1. The van der Waals surface area contributed by atoms with Gasteiger partial charge < -0.3 is 10.3 Å². The molecule has 0 saturated heterocycles. The normalized spacial score (nSPS) is 18.4. The number of benzene rings is 1. The van der Waals surface area contributed by atoms with E-state index in [1.807, 2.05) is 16.8 Å². The van der Waals surface area contributed by atoms with Crippen molar-refractivity contribution in [3.8, 4) is 5.69 Å². The largest absolute Gasteiger partial charge is 0.324 e. The molecule has 1 aromatic heterocycles. The zero-order valence-electron chi connectivity index (χ0n) is 10.2. The highest BCUT2D eigenvalue weighted by atomic mass is 79.9. The van der Waals surface area contributed by atoms with Gasteiger partial charge in [0.05, 0.1) is 10.7 Å². The topological polar surface area (TPSA) is 30.9 Å². The van der Waals surface area contributed by atoms with Gasteiger partial charge in [-0.25, -0.2) is 4.39 Å². The van der Waals surface area contributed by atoms with Crippen molar-refractivity contribution in [1.29, 1.82) is 0 Å². The molecule has 0 fully saturated rings. The second kappa shape index (κ2) is 4.93. The summed E-state index contributed by atoms with van der Waals surface area (Å²) in [6.07, 6.45) is 5.00. The van der Waals surface area contributed by atoms with Gasteiger partial charge >= 0.3 is 0 Å². The summed E-state index contributed by atoms with van der Waals surface area (Å²) >= 11 is 9.57. The summed E-state index contributed by atoms with van der Waals surface area (Å²) in [6.45, 7) is 0. The van der Waals surface area contributed by atoms with Crippen LogP contribution < -0.4 is 5.73 Å². The van der Waals surface area contributed by atoms with Gasteiger partial charge in [-0.15, -0.1) is 0 Å². The van der Waals surface area contributed by atoms with Gasteiger partial charge in [0, 0.05) is 22.4 Å². The van der Waals surface area contributed by atoms with E-state index in [1.54, 1.807) is 0 Å². The Morgan fingerprint density at radius 2 is 2.21 bits per heavy atom. The van der Waals surface area contributed by atoms with E-state index in [2.05, 4.69) is 15.9 Å². The highest BCUT2D eigenvalue weighted by Crippen LogP contribution is 2.36. The number of nitrogens with zero attached hydrogens (tertiary/aromatic N) is 1. The molecule has 1 atom stereocenters. The first-order chi connectivity index (χ1) is 9.08. The molecular weight excluding hydrogens is 331 g/mol. The number of rotatable bonds is 1. The van der Waals surface area contributed by atoms with Gasteiger partial charge in [-0.3, -0.25) is 0 Å². The maximum atomic E-state index is 13.3. The Morgan fingerprint density at radius 3 is 2.95 bits per heavy atom. The molecular formula is C14H13BrClFN2. The first-order valence-electron chi connectivity index (χ1n) is 6.18. The molecule has 100 valence electrons. The third-order valence-corrected chi connectivity index (χ3v) is 4.47. The highest BCUT2D eigenvalue weighted by Gasteiger charge is 2.22. The summed E-state index contributed by atoms with van der Waals surface area (Å²) in [5, 5.41) is 0.393. The number of halogens is 3. The molecule has 0 radical (unpaired) electrons. The molecule has 5 heteroatoms. The van der Waals surface area contributed by atoms with Crippen LogP contribution >= 0.6 is 27.5 Å². The van der Waals surface area contributed by atoms with Gasteiger partial charge in [0.25, 0.3) is 0 Å². The molecule has 19 heavy (non-hydrogen) atoms. The molecule has 0 amide bonds. The molecule has 1 aliphatic rings. The first-order valence-corrected chi connectivity index (χ1v) is 7.35. The van der Waals surface area contributed by atoms with Crippen LogP contribution in [0.5, 0.6) is 0 Å². The lowest BCUT2D eigenvalue weighted by molar-refractivity contribution is 0.560. The quantitative estimate of drug-likeness (QED) is 0.819. The number of hydrogen-bond donors (Lipinski definition) is 1. The lowest BCUT2D eigenvalue weighted by atomic mass is 9.93. The lowest BCUT2D eigenvalue weighted by Crippen LogP contribution is -2.18. The van der Waals surface area contributed by atoms with Crippen LogP contribution in [0.25, 0.3) is 5.69 Å². The minimum absolute atomic E-state index is 0.0861.